The minimum atomic E-state index is -0.442. The maximum absolute atomic E-state index is 11.0. The van der Waals surface area contributed by atoms with E-state index in [1.807, 2.05) is 0 Å². The summed E-state index contributed by atoms with van der Waals surface area (Å²) >= 11 is 3.28. The van der Waals surface area contributed by atoms with Gasteiger partial charge in [0.05, 0.1) is 12.0 Å². The number of nitro benzene ring substituents is 1. The van der Waals surface area contributed by atoms with Gasteiger partial charge in [-0.1, -0.05) is 17.9 Å². The van der Waals surface area contributed by atoms with Gasteiger partial charge in [0.15, 0.2) is 0 Å². The number of hydrogen-bond acceptors (Lipinski definition) is 3. The monoisotopic (exact) mass is 331 g/mol. The average molecular weight is 332 g/mol. The van der Waals surface area contributed by atoms with E-state index in [4.69, 9.17) is 4.74 Å². The lowest BCUT2D eigenvalue weighted by molar-refractivity contribution is -0.385. The van der Waals surface area contributed by atoms with Crippen LogP contribution in [0.1, 0.15) is 11.1 Å². The maximum atomic E-state index is 11.0. The molecule has 5 heteroatoms. The van der Waals surface area contributed by atoms with Crippen LogP contribution in [0.5, 0.6) is 5.75 Å². The standard InChI is InChI=1S/C15H10BrNO3/c1-20-12-8-5-11(6-9-12)7-10-13-14(16)3-2-4-15(13)17(18)19/h2-6,8-9H,1H3. The first kappa shape index (κ1) is 14.1. The molecule has 0 aromatic heterocycles. The number of rotatable bonds is 2. The number of benzene rings is 2. The number of ether oxygens (including phenoxy) is 1. The van der Waals surface area contributed by atoms with E-state index in [9.17, 15) is 10.1 Å². The molecule has 20 heavy (non-hydrogen) atoms. The van der Waals surface area contributed by atoms with Crippen LogP contribution < -0.4 is 4.74 Å². The SMILES string of the molecule is COc1ccc(C#Cc2c(Br)cccc2[N+](=O)[O-])cc1. The number of nitro groups is 1. The van der Waals surface area contributed by atoms with E-state index in [-0.39, 0.29) is 5.69 Å². The van der Waals surface area contributed by atoms with Gasteiger partial charge in [-0.2, -0.15) is 0 Å². The number of halogens is 1. The zero-order valence-electron chi connectivity index (χ0n) is 10.6. The van der Waals surface area contributed by atoms with Crippen LogP contribution in [0.15, 0.2) is 46.9 Å². The van der Waals surface area contributed by atoms with Crippen molar-refractivity contribution in [3.05, 3.63) is 68.2 Å². The summed E-state index contributed by atoms with van der Waals surface area (Å²) in [5.74, 6) is 6.48. The van der Waals surface area contributed by atoms with Gasteiger partial charge in [0.25, 0.3) is 5.69 Å². The Morgan fingerprint density at radius 2 is 1.85 bits per heavy atom. The van der Waals surface area contributed by atoms with Gasteiger partial charge >= 0.3 is 0 Å². The van der Waals surface area contributed by atoms with Crippen molar-refractivity contribution in [2.75, 3.05) is 7.11 Å². The van der Waals surface area contributed by atoms with Crippen LogP contribution in [0, 0.1) is 22.0 Å². The summed E-state index contributed by atoms with van der Waals surface area (Å²) < 4.78 is 5.66. The van der Waals surface area contributed by atoms with E-state index in [2.05, 4.69) is 27.8 Å². The molecule has 0 aliphatic rings. The summed E-state index contributed by atoms with van der Waals surface area (Å²) in [6.07, 6.45) is 0. The molecule has 0 fully saturated rings. The topological polar surface area (TPSA) is 52.4 Å². The number of methoxy groups -OCH3 is 1. The quantitative estimate of drug-likeness (QED) is 0.478. The third-order valence-electron chi connectivity index (χ3n) is 2.61. The second-order valence-corrected chi connectivity index (χ2v) is 4.72. The maximum Gasteiger partial charge on any atom is 0.286 e. The first-order valence-electron chi connectivity index (χ1n) is 5.71. The first-order valence-corrected chi connectivity index (χ1v) is 6.50. The van der Waals surface area contributed by atoms with Gasteiger partial charge in [-0.15, -0.1) is 0 Å². The molecule has 0 aliphatic heterocycles. The molecule has 0 atom stereocenters. The molecule has 0 spiro atoms. The molecule has 0 bridgehead atoms. The minimum absolute atomic E-state index is 0.0135. The fraction of sp³-hybridized carbons (Fsp3) is 0.0667. The van der Waals surface area contributed by atoms with Gasteiger partial charge in [0.1, 0.15) is 11.3 Å². The van der Waals surface area contributed by atoms with Gasteiger partial charge in [0, 0.05) is 16.1 Å². The van der Waals surface area contributed by atoms with Crippen LogP contribution >= 0.6 is 15.9 Å². The van der Waals surface area contributed by atoms with Crippen molar-refractivity contribution in [3.8, 4) is 17.6 Å². The van der Waals surface area contributed by atoms with Crippen molar-refractivity contribution in [1.29, 1.82) is 0 Å². The fourth-order valence-corrected chi connectivity index (χ4v) is 2.05. The lowest BCUT2D eigenvalue weighted by atomic mass is 10.1. The van der Waals surface area contributed by atoms with E-state index in [1.165, 1.54) is 6.07 Å². The van der Waals surface area contributed by atoms with Crippen LogP contribution in [0.3, 0.4) is 0 Å². The van der Waals surface area contributed by atoms with E-state index in [1.54, 1.807) is 43.5 Å². The Kier molecular flexibility index (Phi) is 4.38. The fourth-order valence-electron chi connectivity index (χ4n) is 1.60. The zero-order chi connectivity index (χ0) is 14.5. The normalized spacial score (nSPS) is 9.50. The molecule has 0 saturated heterocycles. The molecule has 100 valence electrons. The third kappa shape index (κ3) is 3.16. The van der Waals surface area contributed by atoms with Crippen LogP contribution in [-0.2, 0) is 0 Å². The van der Waals surface area contributed by atoms with Gasteiger partial charge in [-0.05, 0) is 46.3 Å². The molecule has 2 rings (SSSR count). The Morgan fingerprint density at radius 3 is 2.45 bits per heavy atom. The molecule has 0 unspecified atom stereocenters. The average Bonchev–Trinajstić information content (AvgIpc) is 2.46. The molecular formula is C15H10BrNO3. The van der Waals surface area contributed by atoms with E-state index in [0.717, 1.165) is 11.3 Å². The van der Waals surface area contributed by atoms with Crippen molar-refractivity contribution in [2.45, 2.75) is 0 Å². The third-order valence-corrected chi connectivity index (χ3v) is 3.27. The largest absolute Gasteiger partial charge is 0.497 e. The highest BCUT2D eigenvalue weighted by Crippen LogP contribution is 2.25. The summed E-state index contributed by atoms with van der Waals surface area (Å²) in [7, 11) is 1.59. The highest BCUT2D eigenvalue weighted by molar-refractivity contribution is 9.10. The number of nitrogens with zero attached hydrogens (tertiary/aromatic N) is 1. The predicted octanol–water partition coefficient (Wildman–Crippen LogP) is 3.77. The lowest BCUT2D eigenvalue weighted by Crippen LogP contribution is -1.92. The lowest BCUT2D eigenvalue weighted by Gasteiger charge is -1.99. The highest BCUT2D eigenvalue weighted by Gasteiger charge is 2.13. The van der Waals surface area contributed by atoms with Gasteiger partial charge in [0.2, 0.25) is 0 Å². The summed E-state index contributed by atoms with van der Waals surface area (Å²) in [6.45, 7) is 0. The van der Waals surface area contributed by atoms with Crippen LogP contribution in [-0.4, -0.2) is 12.0 Å². The molecule has 0 saturated carbocycles. The molecule has 2 aromatic carbocycles. The van der Waals surface area contributed by atoms with Gasteiger partial charge < -0.3 is 4.74 Å². The van der Waals surface area contributed by atoms with Crippen LogP contribution in [0.25, 0.3) is 0 Å². The minimum Gasteiger partial charge on any atom is -0.497 e. The second-order valence-electron chi connectivity index (χ2n) is 3.87. The molecular weight excluding hydrogens is 322 g/mol. The Balaban J connectivity index is 2.39. The Morgan fingerprint density at radius 1 is 1.15 bits per heavy atom. The van der Waals surface area contributed by atoms with Gasteiger partial charge in [-0.3, -0.25) is 10.1 Å². The molecule has 0 heterocycles. The van der Waals surface area contributed by atoms with E-state index < -0.39 is 4.92 Å². The predicted molar refractivity (Wildman–Crippen MR) is 79.8 cm³/mol. The van der Waals surface area contributed by atoms with Crippen molar-refractivity contribution in [2.24, 2.45) is 0 Å². The van der Waals surface area contributed by atoms with Gasteiger partial charge in [-0.25, -0.2) is 0 Å². The summed E-state index contributed by atoms with van der Waals surface area (Å²) in [6, 6.07) is 12.0. The van der Waals surface area contributed by atoms with Crippen molar-refractivity contribution in [1.82, 2.24) is 0 Å². The van der Waals surface area contributed by atoms with E-state index in [0.29, 0.717) is 10.0 Å². The Hall–Kier alpha value is -2.32. The summed E-state index contributed by atoms with van der Waals surface area (Å²) in [5.41, 5.74) is 1.12. The Bertz CT molecular complexity index is 699. The molecule has 4 nitrogen and oxygen atoms in total. The first-order chi connectivity index (χ1) is 9.61. The molecule has 0 N–H and O–H groups in total. The smallest absolute Gasteiger partial charge is 0.286 e. The molecule has 2 aromatic rings. The van der Waals surface area contributed by atoms with Crippen LogP contribution in [0.2, 0.25) is 0 Å². The summed E-state index contributed by atoms with van der Waals surface area (Å²) in [4.78, 5) is 10.5. The summed E-state index contributed by atoms with van der Waals surface area (Å²) in [5, 5.41) is 11.0. The Labute approximate surface area is 124 Å². The second kappa shape index (κ2) is 6.22. The zero-order valence-corrected chi connectivity index (χ0v) is 12.2. The molecule has 0 radical (unpaired) electrons. The molecule has 0 amide bonds. The van der Waals surface area contributed by atoms with E-state index >= 15 is 0 Å². The molecule has 0 aliphatic carbocycles. The van der Waals surface area contributed by atoms with Crippen molar-refractivity contribution >= 4 is 21.6 Å². The van der Waals surface area contributed by atoms with Crippen LogP contribution in [0.4, 0.5) is 5.69 Å². The van der Waals surface area contributed by atoms with Crippen molar-refractivity contribution in [3.63, 3.8) is 0 Å². The number of hydrogen-bond donors (Lipinski definition) is 0. The highest BCUT2D eigenvalue weighted by atomic mass is 79.9. The van der Waals surface area contributed by atoms with Crippen molar-refractivity contribution < 1.29 is 9.66 Å².